The Labute approximate surface area is 145 Å². The summed E-state index contributed by atoms with van der Waals surface area (Å²) < 4.78 is 0. The molecule has 0 amide bonds. The van der Waals surface area contributed by atoms with Crippen LogP contribution < -0.4 is 0 Å². The lowest BCUT2D eigenvalue weighted by Crippen LogP contribution is -2.25. The van der Waals surface area contributed by atoms with E-state index in [2.05, 4.69) is 69.0 Å². The first-order chi connectivity index (χ1) is 11.5. The van der Waals surface area contributed by atoms with Gasteiger partial charge in [-0.3, -0.25) is 4.98 Å². The van der Waals surface area contributed by atoms with Gasteiger partial charge in [0.1, 0.15) is 0 Å². The van der Waals surface area contributed by atoms with E-state index in [1.165, 1.54) is 0 Å². The van der Waals surface area contributed by atoms with Gasteiger partial charge in [-0.15, -0.1) is 0 Å². The average Bonchev–Trinajstić information content (AvgIpc) is 3.17. The molecule has 0 saturated heterocycles. The highest BCUT2D eigenvalue weighted by atomic mass is 15.4. The number of aromatic nitrogens is 1. The van der Waals surface area contributed by atoms with Crippen molar-refractivity contribution in [3.8, 4) is 0 Å². The summed E-state index contributed by atoms with van der Waals surface area (Å²) in [6, 6.07) is 7.03. The van der Waals surface area contributed by atoms with E-state index in [1.54, 1.807) is 0 Å². The number of hydrogen-bond acceptors (Lipinski definition) is 5. The Balaban J connectivity index is 1.56. The second-order valence-electron chi connectivity index (χ2n) is 6.67. The third kappa shape index (κ3) is 4.02. The van der Waals surface area contributed by atoms with Gasteiger partial charge in [0.2, 0.25) is 13.3 Å². The largest absolute Gasteiger partial charge is 0.344 e. The lowest BCUT2D eigenvalue weighted by molar-refractivity contribution is 0.293. The Morgan fingerprint density at radius 2 is 1.25 bits per heavy atom. The van der Waals surface area contributed by atoms with E-state index >= 15 is 0 Å². The number of pyridine rings is 1. The molecule has 3 rings (SSSR count). The second-order valence-corrected chi connectivity index (χ2v) is 6.67. The Hall–Kier alpha value is -2.17. The molecule has 2 aliphatic heterocycles. The zero-order valence-electron chi connectivity index (χ0n) is 14.8. The SMILES string of the molecule is CC(C)N1[C]N(Cc2cccc(CN3[C]N(C(C)C)C=C3)n2)C=C1. The molecule has 1 aromatic rings. The minimum Gasteiger partial charge on any atom is -0.344 e. The summed E-state index contributed by atoms with van der Waals surface area (Å²) in [5, 5.41) is 0. The normalized spacial score (nSPS) is 17.2. The summed E-state index contributed by atoms with van der Waals surface area (Å²) in [6.07, 6.45) is 8.18. The van der Waals surface area contributed by atoms with Gasteiger partial charge >= 0.3 is 0 Å². The van der Waals surface area contributed by atoms with Gasteiger partial charge in [-0.25, -0.2) is 0 Å². The van der Waals surface area contributed by atoms with Crippen molar-refractivity contribution in [3.63, 3.8) is 0 Å². The van der Waals surface area contributed by atoms with Crippen molar-refractivity contribution in [1.82, 2.24) is 24.6 Å². The molecule has 24 heavy (non-hydrogen) atoms. The molecule has 0 unspecified atom stereocenters. The van der Waals surface area contributed by atoms with Crippen LogP contribution in [0, 0.1) is 13.3 Å². The zero-order valence-corrected chi connectivity index (χ0v) is 14.8. The van der Waals surface area contributed by atoms with Crippen LogP contribution in [0.25, 0.3) is 0 Å². The summed E-state index contributed by atoms with van der Waals surface area (Å²) >= 11 is 0. The maximum absolute atomic E-state index is 4.77. The van der Waals surface area contributed by atoms with E-state index in [0.717, 1.165) is 24.5 Å². The topological polar surface area (TPSA) is 25.9 Å². The fourth-order valence-corrected chi connectivity index (χ4v) is 2.54. The molecule has 0 spiro atoms. The molecule has 0 fully saturated rings. The summed E-state index contributed by atoms with van der Waals surface area (Å²) in [5.74, 6) is 0. The van der Waals surface area contributed by atoms with Gasteiger partial charge in [-0.05, 0) is 39.8 Å². The van der Waals surface area contributed by atoms with E-state index in [4.69, 9.17) is 4.98 Å². The average molecular weight is 323 g/mol. The first-order valence-electron chi connectivity index (χ1n) is 8.45. The lowest BCUT2D eigenvalue weighted by atomic mass is 10.3. The third-order valence-electron chi connectivity index (χ3n) is 3.94. The molecule has 0 aliphatic carbocycles. The van der Waals surface area contributed by atoms with Crippen molar-refractivity contribution >= 4 is 0 Å². The molecule has 0 bridgehead atoms. The molecular weight excluding hydrogens is 298 g/mol. The Morgan fingerprint density at radius 1 is 0.792 bits per heavy atom. The molecule has 5 nitrogen and oxygen atoms in total. The van der Waals surface area contributed by atoms with Crippen molar-refractivity contribution in [2.24, 2.45) is 0 Å². The minimum absolute atomic E-state index is 0.419. The van der Waals surface area contributed by atoms with Gasteiger partial charge in [0.25, 0.3) is 0 Å². The van der Waals surface area contributed by atoms with Crippen LogP contribution in [-0.4, -0.2) is 36.7 Å². The van der Waals surface area contributed by atoms with Gasteiger partial charge in [-0.2, -0.15) is 0 Å². The second kappa shape index (κ2) is 7.16. The van der Waals surface area contributed by atoms with E-state index < -0.39 is 0 Å². The molecular formula is C19H25N5. The number of hydrogen-bond donors (Lipinski definition) is 0. The third-order valence-corrected chi connectivity index (χ3v) is 3.94. The van der Waals surface area contributed by atoms with Crippen LogP contribution in [-0.2, 0) is 13.1 Å². The highest BCUT2D eigenvalue weighted by molar-refractivity contribution is 5.14. The maximum atomic E-state index is 4.77. The van der Waals surface area contributed by atoms with Crippen LogP contribution in [0.4, 0.5) is 0 Å². The molecule has 0 N–H and O–H groups in total. The quantitative estimate of drug-likeness (QED) is 0.801. The molecule has 4 radical (unpaired) electrons. The molecule has 0 atom stereocenters. The van der Waals surface area contributed by atoms with E-state index in [0.29, 0.717) is 12.1 Å². The van der Waals surface area contributed by atoms with Gasteiger partial charge in [0, 0.05) is 36.9 Å². The predicted molar refractivity (Wildman–Crippen MR) is 94.0 cm³/mol. The Bertz CT molecular complexity index is 558. The zero-order chi connectivity index (χ0) is 17.1. The molecule has 126 valence electrons. The lowest BCUT2D eigenvalue weighted by Gasteiger charge is -2.22. The highest BCUT2D eigenvalue weighted by Gasteiger charge is 2.19. The van der Waals surface area contributed by atoms with Crippen LogP contribution in [0.3, 0.4) is 0 Å². The first kappa shape index (κ1) is 16.7. The Kier molecular flexibility index (Phi) is 4.97. The van der Waals surface area contributed by atoms with Gasteiger partial charge in [0.15, 0.2) is 0 Å². The van der Waals surface area contributed by atoms with Crippen LogP contribution >= 0.6 is 0 Å². The fraction of sp³-hybridized carbons (Fsp3) is 0.421. The van der Waals surface area contributed by atoms with Crippen molar-refractivity contribution in [2.75, 3.05) is 0 Å². The summed E-state index contributed by atoms with van der Waals surface area (Å²) in [4.78, 5) is 13.0. The predicted octanol–water partition coefficient (Wildman–Crippen LogP) is 3.07. The standard InChI is InChI=1S/C19H25N5/c1-16(2)23-10-8-21(14-23)12-18-6-5-7-19(20-18)13-22-9-11-24(15-22)17(3)4/h5-11,16-17H,12-13H2,1-4H3. The van der Waals surface area contributed by atoms with Gasteiger partial charge in [-0.1, -0.05) is 6.07 Å². The number of nitrogens with zero attached hydrogens (tertiary/aromatic N) is 5. The van der Waals surface area contributed by atoms with Gasteiger partial charge < -0.3 is 19.6 Å². The maximum Gasteiger partial charge on any atom is 0.208 e. The van der Waals surface area contributed by atoms with Crippen LogP contribution in [0.2, 0.25) is 0 Å². The van der Waals surface area contributed by atoms with Crippen LogP contribution in [0.1, 0.15) is 39.1 Å². The molecule has 1 aromatic heterocycles. The summed E-state index contributed by atoms with van der Waals surface area (Å²) in [6.45, 7) is 16.7. The monoisotopic (exact) mass is 323 g/mol. The molecule has 0 aromatic carbocycles. The molecule has 2 aliphatic rings. The van der Waals surface area contributed by atoms with Gasteiger partial charge in [0.05, 0.1) is 24.5 Å². The van der Waals surface area contributed by atoms with Crippen molar-refractivity contribution in [2.45, 2.75) is 52.9 Å². The minimum atomic E-state index is 0.419. The van der Waals surface area contributed by atoms with E-state index in [-0.39, 0.29) is 0 Å². The van der Waals surface area contributed by atoms with Crippen molar-refractivity contribution in [1.29, 1.82) is 0 Å². The summed E-state index contributed by atoms with van der Waals surface area (Å²) in [5.41, 5.74) is 2.08. The van der Waals surface area contributed by atoms with Crippen LogP contribution in [0.15, 0.2) is 43.0 Å². The molecule has 5 heteroatoms. The summed E-state index contributed by atoms with van der Waals surface area (Å²) in [7, 11) is 0. The Morgan fingerprint density at radius 3 is 1.62 bits per heavy atom. The van der Waals surface area contributed by atoms with Crippen LogP contribution in [0.5, 0.6) is 0 Å². The van der Waals surface area contributed by atoms with E-state index in [9.17, 15) is 0 Å². The number of rotatable bonds is 6. The van der Waals surface area contributed by atoms with E-state index in [1.807, 2.05) is 34.6 Å². The highest BCUT2D eigenvalue weighted by Crippen LogP contribution is 2.19. The fourth-order valence-electron chi connectivity index (χ4n) is 2.54. The smallest absolute Gasteiger partial charge is 0.208 e. The van der Waals surface area contributed by atoms with Crippen molar-refractivity contribution in [3.05, 3.63) is 67.7 Å². The molecule has 0 saturated carbocycles. The molecule has 3 heterocycles. The van der Waals surface area contributed by atoms with Crippen molar-refractivity contribution < 1.29 is 0 Å². The first-order valence-corrected chi connectivity index (χ1v) is 8.45.